The van der Waals surface area contributed by atoms with E-state index in [9.17, 15) is 9.90 Å². The molecule has 1 aliphatic rings. The number of aliphatic hydroxyl groups is 1. The van der Waals surface area contributed by atoms with Gasteiger partial charge in [-0.2, -0.15) is 0 Å². The van der Waals surface area contributed by atoms with Crippen LogP contribution in [0.2, 0.25) is 0 Å². The van der Waals surface area contributed by atoms with E-state index in [1.807, 2.05) is 13.8 Å². The van der Waals surface area contributed by atoms with E-state index in [-0.39, 0.29) is 29.8 Å². The number of rotatable bonds is 6. The van der Waals surface area contributed by atoms with E-state index in [2.05, 4.69) is 5.32 Å². The zero-order valence-corrected chi connectivity index (χ0v) is 11.7. The molecule has 4 nitrogen and oxygen atoms in total. The maximum absolute atomic E-state index is 12.0. The van der Waals surface area contributed by atoms with Crippen molar-refractivity contribution < 1.29 is 9.90 Å². The standard InChI is InChI=1S/C14H28N2O2/c1-11(2)12(8-15)13(18)16-9-14(10-17)6-4-3-5-7-14/h11-12,17H,3-10,15H2,1-2H3,(H,16,18). The number of carbonyl (C=O) groups excluding carboxylic acids is 1. The molecule has 0 aromatic rings. The molecule has 0 saturated heterocycles. The lowest BCUT2D eigenvalue weighted by Crippen LogP contribution is -2.45. The van der Waals surface area contributed by atoms with E-state index >= 15 is 0 Å². The average molecular weight is 256 g/mol. The van der Waals surface area contributed by atoms with Crippen molar-refractivity contribution in [3.05, 3.63) is 0 Å². The Morgan fingerprint density at radius 3 is 2.39 bits per heavy atom. The van der Waals surface area contributed by atoms with Crippen LogP contribution in [0.1, 0.15) is 46.0 Å². The second-order valence-corrected chi connectivity index (χ2v) is 6.02. The van der Waals surface area contributed by atoms with E-state index in [1.165, 1.54) is 6.42 Å². The summed E-state index contributed by atoms with van der Waals surface area (Å²) in [6.45, 7) is 5.17. The molecule has 106 valence electrons. The minimum atomic E-state index is -0.121. The molecule has 0 aromatic carbocycles. The van der Waals surface area contributed by atoms with Gasteiger partial charge in [0.1, 0.15) is 0 Å². The summed E-state index contributed by atoms with van der Waals surface area (Å²) in [5, 5.41) is 12.6. The fourth-order valence-corrected chi connectivity index (χ4v) is 2.78. The van der Waals surface area contributed by atoms with Gasteiger partial charge in [0, 0.05) is 18.5 Å². The fraction of sp³-hybridized carbons (Fsp3) is 0.929. The highest BCUT2D eigenvalue weighted by molar-refractivity contribution is 5.79. The molecule has 1 rings (SSSR count). The Kier molecular flexibility index (Phi) is 6.09. The van der Waals surface area contributed by atoms with Gasteiger partial charge in [0.2, 0.25) is 5.91 Å². The molecular weight excluding hydrogens is 228 g/mol. The molecule has 0 aromatic heterocycles. The largest absolute Gasteiger partial charge is 0.396 e. The highest BCUT2D eigenvalue weighted by Crippen LogP contribution is 2.35. The second kappa shape index (κ2) is 7.10. The molecule has 1 amide bonds. The van der Waals surface area contributed by atoms with Gasteiger partial charge in [-0.15, -0.1) is 0 Å². The zero-order valence-electron chi connectivity index (χ0n) is 11.7. The van der Waals surface area contributed by atoms with Crippen molar-refractivity contribution in [2.75, 3.05) is 19.7 Å². The van der Waals surface area contributed by atoms with Crippen molar-refractivity contribution in [2.24, 2.45) is 23.0 Å². The van der Waals surface area contributed by atoms with E-state index < -0.39 is 0 Å². The molecule has 4 N–H and O–H groups in total. The Bertz CT molecular complexity index is 261. The molecule has 0 heterocycles. The third-order valence-electron chi connectivity index (χ3n) is 4.28. The SMILES string of the molecule is CC(C)C(CN)C(=O)NCC1(CO)CCCCC1. The van der Waals surface area contributed by atoms with Crippen molar-refractivity contribution in [2.45, 2.75) is 46.0 Å². The normalized spacial score (nSPS) is 20.7. The number of hydrogen-bond acceptors (Lipinski definition) is 3. The van der Waals surface area contributed by atoms with Crippen LogP contribution < -0.4 is 11.1 Å². The Hall–Kier alpha value is -0.610. The summed E-state index contributed by atoms with van der Waals surface area (Å²) in [6, 6.07) is 0. The molecule has 1 atom stereocenters. The first kappa shape index (κ1) is 15.4. The summed E-state index contributed by atoms with van der Waals surface area (Å²) in [4.78, 5) is 12.0. The summed E-state index contributed by atoms with van der Waals surface area (Å²) in [5.74, 6) is 0.168. The molecule has 1 aliphatic carbocycles. The van der Waals surface area contributed by atoms with E-state index in [0.29, 0.717) is 13.1 Å². The van der Waals surface area contributed by atoms with Gasteiger partial charge in [0.05, 0.1) is 12.5 Å². The minimum absolute atomic E-state index is 0.0332. The van der Waals surface area contributed by atoms with Gasteiger partial charge in [-0.05, 0) is 18.8 Å². The summed E-state index contributed by atoms with van der Waals surface area (Å²) < 4.78 is 0. The highest BCUT2D eigenvalue weighted by Gasteiger charge is 2.32. The van der Waals surface area contributed by atoms with Crippen molar-refractivity contribution in [1.29, 1.82) is 0 Å². The van der Waals surface area contributed by atoms with Crippen LogP contribution in [0, 0.1) is 17.3 Å². The molecule has 1 fully saturated rings. The van der Waals surface area contributed by atoms with Gasteiger partial charge in [0.25, 0.3) is 0 Å². The molecule has 18 heavy (non-hydrogen) atoms. The summed E-state index contributed by atoms with van der Waals surface area (Å²) in [5.41, 5.74) is 5.55. The predicted octanol–water partition coefficient (Wildman–Crippen LogP) is 1.28. The smallest absolute Gasteiger partial charge is 0.224 e. The molecule has 1 saturated carbocycles. The molecule has 0 radical (unpaired) electrons. The molecule has 4 heteroatoms. The van der Waals surface area contributed by atoms with Crippen LogP contribution in [0.25, 0.3) is 0 Å². The van der Waals surface area contributed by atoms with Gasteiger partial charge in [0.15, 0.2) is 0 Å². The van der Waals surface area contributed by atoms with Gasteiger partial charge in [-0.1, -0.05) is 33.1 Å². The average Bonchev–Trinajstić information content (AvgIpc) is 2.38. The van der Waals surface area contributed by atoms with Crippen LogP contribution >= 0.6 is 0 Å². The molecular formula is C14H28N2O2. The van der Waals surface area contributed by atoms with E-state index in [0.717, 1.165) is 25.7 Å². The van der Waals surface area contributed by atoms with Crippen LogP contribution in [-0.2, 0) is 4.79 Å². The van der Waals surface area contributed by atoms with Gasteiger partial charge in [-0.25, -0.2) is 0 Å². The maximum atomic E-state index is 12.0. The van der Waals surface area contributed by atoms with Gasteiger partial charge < -0.3 is 16.2 Å². The number of nitrogens with two attached hydrogens (primary N) is 1. The van der Waals surface area contributed by atoms with Crippen molar-refractivity contribution in [3.63, 3.8) is 0 Å². The zero-order chi connectivity index (χ0) is 13.6. The fourth-order valence-electron chi connectivity index (χ4n) is 2.78. The van der Waals surface area contributed by atoms with Crippen molar-refractivity contribution in [3.8, 4) is 0 Å². The number of aliphatic hydroxyl groups excluding tert-OH is 1. The number of hydrogen-bond donors (Lipinski definition) is 3. The molecule has 0 bridgehead atoms. The Balaban J connectivity index is 2.49. The lowest BCUT2D eigenvalue weighted by atomic mass is 9.74. The quantitative estimate of drug-likeness (QED) is 0.670. The number of amides is 1. The lowest BCUT2D eigenvalue weighted by Gasteiger charge is -2.36. The van der Waals surface area contributed by atoms with Crippen LogP contribution in [0.4, 0.5) is 0 Å². The number of nitrogens with one attached hydrogen (secondary N) is 1. The topological polar surface area (TPSA) is 75.4 Å². The van der Waals surface area contributed by atoms with E-state index in [4.69, 9.17) is 5.73 Å². The van der Waals surface area contributed by atoms with Gasteiger partial charge in [-0.3, -0.25) is 4.79 Å². The van der Waals surface area contributed by atoms with E-state index in [1.54, 1.807) is 0 Å². The predicted molar refractivity (Wildman–Crippen MR) is 73.0 cm³/mol. The summed E-state index contributed by atoms with van der Waals surface area (Å²) >= 11 is 0. The van der Waals surface area contributed by atoms with Crippen LogP contribution in [-0.4, -0.2) is 30.7 Å². The van der Waals surface area contributed by atoms with Crippen LogP contribution in [0.3, 0.4) is 0 Å². The first-order valence-corrected chi connectivity index (χ1v) is 7.13. The third-order valence-corrected chi connectivity index (χ3v) is 4.28. The summed E-state index contributed by atoms with van der Waals surface area (Å²) in [6.07, 6.45) is 5.58. The Morgan fingerprint density at radius 1 is 1.33 bits per heavy atom. The maximum Gasteiger partial charge on any atom is 0.224 e. The molecule has 0 spiro atoms. The minimum Gasteiger partial charge on any atom is -0.396 e. The van der Waals surface area contributed by atoms with Crippen molar-refractivity contribution in [1.82, 2.24) is 5.32 Å². The van der Waals surface area contributed by atoms with Crippen molar-refractivity contribution >= 4 is 5.91 Å². The van der Waals surface area contributed by atoms with Crippen LogP contribution in [0.5, 0.6) is 0 Å². The lowest BCUT2D eigenvalue weighted by molar-refractivity contribution is -0.126. The van der Waals surface area contributed by atoms with Gasteiger partial charge >= 0.3 is 0 Å². The highest BCUT2D eigenvalue weighted by atomic mass is 16.3. The monoisotopic (exact) mass is 256 g/mol. The summed E-state index contributed by atoms with van der Waals surface area (Å²) in [7, 11) is 0. The first-order chi connectivity index (χ1) is 8.54. The number of carbonyl (C=O) groups is 1. The third kappa shape index (κ3) is 3.95. The first-order valence-electron chi connectivity index (χ1n) is 7.13. The molecule has 1 unspecified atom stereocenters. The Morgan fingerprint density at radius 2 is 1.94 bits per heavy atom. The Labute approximate surface area is 110 Å². The molecule has 0 aliphatic heterocycles. The second-order valence-electron chi connectivity index (χ2n) is 6.02. The van der Waals surface area contributed by atoms with Crippen LogP contribution in [0.15, 0.2) is 0 Å².